The van der Waals surface area contributed by atoms with E-state index in [-0.39, 0.29) is 15.6 Å². The van der Waals surface area contributed by atoms with E-state index in [1.54, 1.807) is 18.2 Å². The van der Waals surface area contributed by atoms with Gasteiger partial charge in [0.2, 0.25) is 0 Å². The topological polar surface area (TPSA) is 89.5 Å². The Kier molecular flexibility index (Phi) is 5.81. The maximum Gasteiger partial charge on any atom is 0.338 e. The maximum absolute atomic E-state index is 11.9. The van der Waals surface area contributed by atoms with E-state index in [9.17, 15) is 18.0 Å². The molecule has 0 bridgehead atoms. The van der Waals surface area contributed by atoms with Crippen molar-refractivity contribution in [3.05, 3.63) is 58.6 Å². The number of aryl methyl sites for hydroxylation is 1. The van der Waals surface area contributed by atoms with Crippen LogP contribution in [0.3, 0.4) is 0 Å². The second-order valence-corrected chi connectivity index (χ2v) is 7.83. The molecular formula is C17H16ClNO5S. The Balaban J connectivity index is 2.02. The lowest BCUT2D eigenvalue weighted by atomic mass is 10.1. The number of rotatable bonds is 5. The van der Waals surface area contributed by atoms with Crippen molar-refractivity contribution in [3.63, 3.8) is 0 Å². The number of benzene rings is 2. The summed E-state index contributed by atoms with van der Waals surface area (Å²) in [5.41, 5.74) is 1.36. The first kappa shape index (κ1) is 19.0. The molecule has 0 atom stereocenters. The average Bonchev–Trinajstić information content (AvgIpc) is 2.53. The summed E-state index contributed by atoms with van der Waals surface area (Å²) in [4.78, 5) is 23.8. The van der Waals surface area contributed by atoms with Crippen molar-refractivity contribution >= 4 is 39.0 Å². The molecule has 0 aliphatic rings. The van der Waals surface area contributed by atoms with E-state index >= 15 is 0 Å². The molecule has 8 heteroatoms. The van der Waals surface area contributed by atoms with E-state index in [2.05, 4.69) is 5.32 Å². The van der Waals surface area contributed by atoms with Gasteiger partial charge in [0, 0.05) is 6.26 Å². The molecule has 0 radical (unpaired) electrons. The van der Waals surface area contributed by atoms with Gasteiger partial charge in [0.25, 0.3) is 5.91 Å². The molecule has 6 nitrogen and oxygen atoms in total. The minimum Gasteiger partial charge on any atom is -0.452 e. The fourth-order valence-corrected chi connectivity index (χ4v) is 2.82. The van der Waals surface area contributed by atoms with Gasteiger partial charge < -0.3 is 10.1 Å². The number of sulfone groups is 1. The van der Waals surface area contributed by atoms with Crippen molar-refractivity contribution in [2.75, 3.05) is 18.2 Å². The number of anilines is 1. The minimum absolute atomic E-state index is 0.0176. The monoisotopic (exact) mass is 381 g/mol. The number of carbonyl (C=O) groups excluding carboxylic acids is 2. The molecule has 132 valence electrons. The molecule has 0 unspecified atom stereocenters. The normalized spacial score (nSPS) is 11.0. The Morgan fingerprint density at radius 2 is 1.88 bits per heavy atom. The van der Waals surface area contributed by atoms with Crippen LogP contribution in [0.4, 0.5) is 5.69 Å². The second kappa shape index (κ2) is 7.67. The standard InChI is InChI=1S/C17H16ClNO5S/c1-11-4-3-5-12(8-11)17(21)24-10-16(20)19-15-9-13(25(2,22)23)6-7-14(15)18/h3-9H,10H2,1-2H3,(H,19,20). The van der Waals surface area contributed by atoms with Gasteiger partial charge in [-0.1, -0.05) is 29.3 Å². The number of amides is 1. The van der Waals surface area contributed by atoms with E-state index in [0.717, 1.165) is 11.8 Å². The zero-order valence-corrected chi connectivity index (χ0v) is 15.1. The van der Waals surface area contributed by atoms with Crippen molar-refractivity contribution in [2.45, 2.75) is 11.8 Å². The molecule has 0 fully saturated rings. The zero-order chi connectivity index (χ0) is 18.6. The zero-order valence-electron chi connectivity index (χ0n) is 13.6. The molecule has 0 spiro atoms. The molecule has 1 amide bonds. The van der Waals surface area contributed by atoms with Crippen LogP contribution in [0, 0.1) is 6.92 Å². The van der Waals surface area contributed by atoms with Gasteiger partial charge in [-0.2, -0.15) is 0 Å². The third kappa shape index (κ3) is 5.30. The molecule has 0 aromatic heterocycles. The molecule has 25 heavy (non-hydrogen) atoms. The quantitative estimate of drug-likeness (QED) is 0.804. The fraction of sp³-hybridized carbons (Fsp3) is 0.176. The Labute approximate surface area is 150 Å². The van der Waals surface area contributed by atoms with Gasteiger partial charge in [-0.05, 0) is 37.3 Å². The lowest BCUT2D eigenvalue weighted by Gasteiger charge is -2.09. The average molecular weight is 382 g/mol. The van der Waals surface area contributed by atoms with Gasteiger partial charge in [0.05, 0.1) is 21.2 Å². The van der Waals surface area contributed by atoms with Crippen molar-refractivity contribution < 1.29 is 22.7 Å². The third-order valence-corrected chi connectivity index (χ3v) is 4.67. The largest absolute Gasteiger partial charge is 0.452 e. The minimum atomic E-state index is -3.44. The smallest absolute Gasteiger partial charge is 0.338 e. The van der Waals surface area contributed by atoms with Gasteiger partial charge in [-0.3, -0.25) is 4.79 Å². The molecule has 2 rings (SSSR count). The highest BCUT2D eigenvalue weighted by atomic mass is 35.5. The number of ether oxygens (including phenoxy) is 1. The molecular weight excluding hydrogens is 366 g/mol. The Morgan fingerprint density at radius 3 is 2.52 bits per heavy atom. The number of esters is 1. The predicted octanol–water partition coefficient (Wildman–Crippen LogP) is 2.85. The first-order chi connectivity index (χ1) is 11.7. The van der Waals surface area contributed by atoms with Crippen LogP contribution in [-0.4, -0.2) is 33.2 Å². The predicted molar refractivity (Wildman–Crippen MR) is 94.7 cm³/mol. The van der Waals surface area contributed by atoms with Crippen LogP contribution in [-0.2, 0) is 19.4 Å². The van der Waals surface area contributed by atoms with Gasteiger partial charge in [0.15, 0.2) is 16.4 Å². The van der Waals surface area contributed by atoms with Crippen LogP contribution in [0.2, 0.25) is 5.02 Å². The van der Waals surface area contributed by atoms with Crippen LogP contribution in [0.25, 0.3) is 0 Å². The molecule has 2 aromatic rings. The molecule has 0 saturated carbocycles. The molecule has 1 N–H and O–H groups in total. The Hall–Kier alpha value is -2.38. The van der Waals surface area contributed by atoms with Crippen molar-refractivity contribution in [1.82, 2.24) is 0 Å². The SMILES string of the molecule is Cc1cccc(C(=O)OCC(=O)Nc2cc(S(C)(=O)=O)ccc2Cl)c1. The highest BCUT2D eigenvalue weighted by Crippen LogP contribution is 2.25. The van der Waals surface area contributed by atoms with Crippen LogP contribution in [0.5, 0.6) is 0 Å². The third-order valence-electron chi connectivity index (χ3n) is 3.23. The summed E-state index contributed by atoms with van der Waals surface area (Å²) in [7, 11) is -3.44. The summed E-state index contributed by atoms with van der Waals surface area (Å²) in [6, 6.07) is 10.7. The summed E-state index contributed by atoms with van der Waals surface area (Å²) in [6.45, 7) is 1.31. The van der Waals surface area contributed by atoms with E-state index in [1.807, 2.05) is 13.0 Å². The van der Waals surface area contributed by atoms with Crippen molar-refractivity contribution in [2.24, 2.45) is 0 Å². The molecule has 0 heterocycles. The van der Waals surface area contributed by atoms with Crippen LogP contribution in [0.1, 0.15) is 15.9 Å². The van der Waals surface area contributed by atoms with Gasteiger partial charge >= 0.3 is 5.97 Å². The summed E-state index contributed by atoms with van der Waals surface area (Å²) >= 11 is 5.95. The molecule has 2 aromatic carbocycles. The van der Waals surface area contributed by atoms with Gasteiger partial charge in [-0.15, -0.1) is 0 Å². The number of hydrogen-bond acceptors (Lipinski definition) is 5. The number of hydrogen-bond donors (Lipinski definition) is 1. The van der Waals surface area contributed by atoms with Crippen LogP contribution < -0.4 is 5.32 Å². The first-order valence-electron chi connectivity index (χ1n) is 7.20. The van der Waals surface area contributed by atoms with Gasteiger partial charge in [-0.25, -0.2) is 13.2 Å². The lowest BCUT2D eigenvalue weighted by Crippen LogP contribution is -2.21. The first-order valence-corrected chi connectivity index (χ1v) is 9.47. The van der Waals surface area contributed by atoms with Crippen molar-refractivity contribution in [1.29, 1.82) is 0 Å². The lowest BCUT2D eigenvalue weighted by molar-refractivity contribution is -0.119. The highest BCUT2D eigenvalue weighted by Gasteiger charge is 2.14. The van der Waals surface area contributed by atoms with Crippen LogP contribution in [0.15, 0.2) is 47.4 Å². The maximum atomic E-state index is 11.9. The van der Waals surface area contributed by atoms with E-state index in [1.165, 1.54) is 18.2 Å². The van der Waals surface area contributed by atoms with Crippen molar-refractivity contribution in [3.8, 4) is 0 Å². The number of halogens is 1. The van der Waals surface area contributed by atoms with E-state index < -0.39 is 28.3 Å². The summed E-state index contributed by atoms with van der Waals surface area (Å²) in [6.07, 6.45) is 1.05. The summed E-state index contributed by atoms with van der Waals surface area (Å²) in [5.74, 6) is -1.26. The van der Waals surface area contributed by atoms with E-state index in [4.69, 9.17) is 16.3 Å². The number of nitrogens with one attached hydrogen (secondary N) is 1. The molecule has 0 saturated heterocycles. The highest BCUT2D eigenvalue weighted by molar-refractivity contribution is 7.90. The summed E-state index contributed by atoms with van der Waals surface area (Å²) < 4.78 is 28.1. The molecule has 0 aliphatic carbocycles. The van der Waals surface area contributed by atoms with Crippen LogP contribution >= 0.6 is 11.6 Å². The molecule has 0 aliphatic heterocycles. The van der Waals surface area contributed by atoms with E-state index in [0.29, 0.717) is 5.56 Å². The Morgan fingerprint density at radius 1 is 1.16 bits per heavy atom. The Bertz CT molecular complexity index is 924. The second-order valence-electron chi connectivity index (χ2n) is 5.41. The summed E-state index contributed by atoms with van der Waals surface area (Å²) in [5, 5.41) is 2.60. The van der Waals surface area contributed by atoms with Gasteiger partial charge in [0.1, 0.15) is 0 Å². The number of carbonyl (C=O) groups is 2. The fourth-order valence-electron chi connectivity index (χ4n) is 2.00.